The zero-order chi connectivity index (χ0) is 16.8. The Morgan fingerprint density at radius 3 is 2.35 bits per heavy atom. The third kappa shape index (κ3) is 5.33. The minimum Gasteiger partial charge on any atom is -0.456 e. The van der Waals surface area contributed by atoms with E-state index in [1.165, 1.54) is 6.07 Å². The van der Waals surface area contributed by atoms with Crippen LogP contribution < -0.4 is 5.32 Å². The molecule has 0 radical (unpaired) electrons. The molecule has 0 aliphatic carbocycles. The summed E-state index contributed by atoms with van der Waals surface area (Å²) in [5.74, 6) is -1.52. The van der Waals surface area contributed by atoms with Crippen molar-refractivity contribution in [2.24, 2.45) is 0 Å². The second-order valence-electron chi connectivity index (χ2n) is 4.38. The topological polar surface area (TPSA) is 85.6 Å². The molecule has 6 nitrogen and oxygen atoms in total. The van der Waals surface area contributed by atoms with Gasteiger partial charge in [-0.1, -0.05) is 28.1 Å². The van der Waals surface area contributed by atoms with Crippen molar-refractivity contribution in [3.05, 3.63) is 56.9 Å². The summed E-state index contributed by atoms with van der Waals surface area (Å²) in [7, 11) is 0. The van der Waals surface area contributed by atoms with E-state index in [4.69, 9.17) is 9.15 Å². The Morgan fingerprint density at radius 1 is 1.04 bits per heavy atom. The van der Waals surface area contributed by atoms with E-state index in [0.717, 1.165) is 4.47 Å². The Bertz CT molecular complexity index is 724. The first kappa shape index (κ1) is 17.4. The number of carbonyl (C=O) groups is 3. The highest BCUT2D eigenvalue weighted by Crippen LogP contribution is 2.13. The van der Waals surface area contributed by atoms with Crippen LogP contribution in [-0.4, -0.2) is 30.8 Å². The van der Waals surface area contributed by atoms with Crippen molar-refractivity contribution in [1.29, 1.82) is 0 Å². The molecule has 0 aliphatic heterocycles. The number of Topliss-reactive ketones (excluding diaryl/α,β-unsaturated/α-hetero) is 1. The highest BCUT2D eigenvalue weighted by atomic mass is 79.9. The normalized spacial score (nSPS) is 10.2. The van der Waals surface area contributed by atoms with E-state index in [0.29, 0.717) is 10.2 Å². The molecule has 0 fully saturated rings. The zero-order valence-electron chi connectivity index (χ0n) is 11.7. The lowest BCUT2D eigenvalue weighted by Gasteiger charge is -2.05. The third-order valence-electron chi connectivity index (χ3n) is 2.72. The predicted octanol–water partition coefficient (Wildman–Crippen LogP) is 2.96. The first-order chi connectivity index (χ1) is 11.0. The van der Waals surface area contributed by atoms with Crippen molar-refractivity contribution < 1.29 is 23.5 Å². The number of nitrogens with one attached hydrogen (secondary N) is 1. The van der Waals surface area contributed by atoms with Crippen molar-refractivity contribution in [2.75, 3.05) is 13.2 Å². The summed E-state index contributed by atoms with van der Waals surface area (Å²) in [6, 6.07) is 9.70. The van der Waals surface area contributed by atoms with Crippen LogP contribution >= 0.6 is 31.9 Å². The predicted molar refractivity (Wildman–Crippen MR) is 88.2 cm³/mol. The summed E-state index contributed by atoms with van der Waals surface area (Å²) in [6.07, 6.45) is 0. The Kier molecular flexibility index (Phi) is 6.12. The van der Waals surface area contributed by atoms with Gasteiger partial charge in [0.05, 0.1) is 0 Å². The number of hydrogen-bond acceptors (Lipinski definition) is 5. The van der Waals surface area contributed by atoms with Gasteiger partial charge in [-0.2, -0.15) is 0 Å². The summed E-state index contributed by atoms with van der Waals surface area (Å²) in [6.45, 7) is -0.743. The molecule has 0 bridgehead atoms. The summed E-state index contributed by atoms with van der Waals surface area (Å²) in [5, 5.41) is 2.34. The van der Waals surface area contributed by atoms with Crippen LogP contribution in [0.25, 0.3) is 0 Å². The Hall–Kier alpha value is -1.93. The van der Waals surface area contributed by atoms with Gasteiger partial charge < -0.3 is 14.5 Å². The molecule has 0 unspecified atom stereocenters. The SMILES string of the molecule is O=C(CNC(=O)c1ccc(Br)o1)OCC(=O)c1ccc(Br)cc1. The van der Waals surface area contributed by atoms with Gasteiger partial charge in [-0.25, -0.2) is 0 Å². The molecule has 1 aromatic heterocycles. The van der Waals surface area contributed by atoms with Crippen LogP contribution in [0.2, 0.25) is 0 Å². The number of halogens is 2. The van der Waals surface area contributed by atoms with Crippen molar-refractivity contribution in [1.82, 2.24) is 5.32 Å². The number of amides is 1. The molecule has 8 heteroatoms. The molecule has 0 aliphatic rings. The molecule has 0 saturated heterocycles. The summed E-state index contributed by atoms with van der Waals surface area (Å²) >= 11 is 6.33. The quantitative estimate of drug-likeness (QED) is 0.546. The Balaban J connectivity index is 1.75. The van der Waals surface area contributed by atoms with E-state index in [2.05, 4.69) is 37.2 Å². The van der Waals surface area contributed by atoms with Gasteiger partial charge in [-0.05, 0) is 40.2 Å². The average molecular weight is 445 g/mol. The van der Waals surface area contributed by atoms with Crippen LogP contribution in [0, 0.1) is 0 Å². The Morgan fingerprint density at radius 2 is 1.74 bits per heavy atom. The fraction of sp³-hybridized carbons (Fsp3) is 0.133. The van der Waals surface area contributed by atoms with Gasteiger partial charge in [0.25, 0.3) is 5.91 Å². The maximum Gasteiger partial charge on any atom is 0.325 e. The summed E-state index contributed by atoms with van der Waals surface area (Å²) in [4.78, 5) is 35.0. The standard InChI is InChI=1S/C15H11Br2NO5/c16-10-3-1-9(2-4-10)11(19)8-22-14(20)7-18-15(21)12-5-6-13(17)23-12/h1-6H,7-8H2,(H,18,21). The first-order valence-electron chi connectivity index (χ1n) is 6.43. The summed E-state index contributed by atoms with van der Waals surface area (Å²) < 4.78 is 11.1. The van der Waals surface area contributed by atoms with Crippen molar-refractivity contribution >= 4 is 49.5 Å². The number of ether oxygens (including phenoxy) is 1. The van der Waals surface area contributed by atoms with Crippen molar-refractivity contribution in [2.45, 2.75) is 0 Å². The summed E-state index contributed by atoms with van der Waals surface area (Å²) in [5.41, 5.74) is 0.436. The second kappa shape index (κ2) is 8.07. The van der Waals surface area contributed by atoms with Crippen LogP contribution in [0.4, 0.5) is 0 Å². The smallest absolute Gasteiger partial charge is 0.325 e. The van der Waals surface area contributed by atoms with Crippen LogP contribution in [0.15, 0.2) is 50.0 Å². The average Bonchev–Trinajstić information content (AvgIpc) is 2.97. The molecule has 2 aromatic rings. The van der Waals surface area contributed by atoms with Gasteiger partial charge in [0, 0.05) is 10.0 Å². The Labute approximate surface area is 148 Å². The van der Waals surface area contributed by atoms with Gasteiger partial charge in [-0.3, -0.25) is 14.4 Å². The molecule has 1 heterocycles. The lowest BCUT2D eigenvalue weighted by atomic mass is 10.1. The van der Waals surface area contributed by atoms with Gasteiger partial charge in [-0.15, -0.1) is 0 Å². The van der Waals surface area contributed by atoms with E-state index >= 15 is 0 Å². The van der Waals surface area contributed by atoms with Gasteiger partial charge in [0.1, 0.15) is 6.54 Å². The number of benzene rings is 1. The van der Waals surface area contributed by atoms with E-state index in [9.17, 15) is 14.4 Å². The molecule has 23 heavy (non-hydrogen) atoms. The molecule has 0 spiro atoms. The number of esters is 1. The highest BCUT2D eigenvalue weighted by Gasteiger charge is 2.14. The monoisotopic (exact) mass is 443 g/mol. The minimum atomic E-state index is -0.713. The molecular formula is C15H11Br2NO5. The van der Waals surface area contributed by atoms with E-state index in [1.807, 2.05) is 0 Å². The molecule has 1 aromatic carbocycles. The number of ketones is 1. The lowest BCUT2D eigenvalue weighted by molar-refractivity contribution is -0.141. The number of furan rings is 1. The van der Waals surface area contributed by atoms with Gasteiger partial charge in [0.15, 0.2) is 22.8 Å². The van der Waals surface area contributed by atoms with E-state index in [1.54, 1.807) is 30.3 Å². The lowest BCUT2D eigenvalue weighted by Crippen LogP contribution is -2.31. The highest BCUT2D eigenvalue weighted by molar-refractivity contribution is 9.10. The van der Waals surface area contributed by atoms with Crippen molar-refractivity contribution in [3.63, 3.8) is 0 Å². The maximum atomic E-state index is 11.8. The number of rotatable bonds is 6. The van der Waals surface area contributed by atoms with E-state index in [-0.39, 0.29) is 24.7 Å². The fourth-order valence-electron chi connectivity index (χ4n) is 1.59. The third-order valence-corrected chi connectivity index (χ3v) is 3.68. The second-order valence-corrected chi connectivity index (χ2v) is 6.07. The van der Waals surface area contributed by atoms with Crippen LogP contribution in [-0.2, 0) is 9.53 Å². The van der Waals surface area contributed by atoms with Gasteiger partial charge in [0.2, 0.25) is 0 Å². The molecule has 0 saturated carbocycles. The van der Waals surface area contributed by atoms with Crippen molar-refractivity contribution in [3.8, 4) is 0 Å². The molecule has 1 N–H and O–H groups in total. The van der Waals surface area contributed by atoms with E-state index < -0.39 is 11.9 Å². The van der Waals surface area contributed by atoms with Crippen LogP contribution in [0.1, 0.15) is 20.9 Å². The van der Waals surface area contributed by atoms with Gasteiger partial charge >= 0.3 is 5.97 Å². The first-order valence-corrected chi connectivity index (χ1v) is 8.02. The minimum absolute atomic E-state index is 0.0654. The molecule has 0 atom stereocenters. The fourth-order valence-corrected chi connectivity index (χ4v) is 2.16. The molecule has 120 valence electrons. The van der Waals surface area contributed by atoms with Crippen LogP contribution in [0.3, 0.4) is 0 Å². The molecule has 1 amide bonds. The zero-order valence-corrected chi connectivity index (χ0v) is 14.8. The van der Waals surface area contributed by atoms with Crippen LogP contribution in [0.5, 0.6) is 0 Å². The molecule has 2 rings (SSSR count). The largest absolute Gasteiger partial charge is 0.456 e. The maximum absolute atomic E-state index is 11.8. The molecular weight excluding hydrogens is 434 g/mol. The number of carbonyl (C=O) groups excluding carboxylic acids is 3. The number of hydrogen-bond donors (Lipinski definition) is 1.